The number of carbonyl (C=O) groups is 5. The molecule has 0 amide bonds. The van der Waals surface area contributed by atoms with Gasteiger partial charge in [0.1, 0.15) is 6.61 Å². The van der Waals surface area contributed by atoms with E-state index in [1.165, 1.54) is 44.9 Å². The normalized spacial score (nSPS) is 11.2. The molecular weight excluding hydrogens is 765 g/mol. The number of esters is 4. The van der Waals surface area contributed by atoms with E-state index in [4.69, 9.17) is 24.1 Å². The van der Waals surface area contributed by atoms with Crippen molar-refractivity contribution in [3.8, 4) is 11.8 Å². The predicted octanol–water partition coefficient (Wildman–Crippen LogP) is 9.74. The summed E-state index contributed by atoms with van der Waals surface area (Å²) < 4.78 is 21.1. The summed E-state index contributed by atoms with van der Waals surface area (Å²) in [7, 11) is 0. The van der Waals surface area contributed by atoms with Gasteiger partial charge in [-0.3, -0.25) is 24.0 Å². The van der Waals surface area contributed by atoms with Crippen LogP contribution in [0.5, 0.6) is 0 Å². The number of carboxylic acid groups (broad SMARTS) is 1. The van der Waals surface area contributed by atoms with Crippen LogP contribution in [0, 0.1) is 11.8 Å². The van der Waals surface area contributed by atoms with Crippen molar-refractivity contribution in [2.75, 3.05) is 19.8 Å². The molecule has 2 rings (SSSR count). The van der Waals surface area contributed by atoms with Crippen molar-refractivity contribution in [1.82, 2.24) is 0 Å². The van der Waals surface area contributed by atoms with Gasteiger partial charge in [-0.2, -0.15) is 0 Å². The molecule has 332 valence electrons. The number of aliphatic carboxylic acids is 1. The first-order valence-electron chi connectivity index (χ1n) is 22.4. The van der Waals surface area contributed by atoms with E-state index in [1.807, 2.05) is 48.5 Å². The summed E-state index contributed by atoms with van der Waals surface area (Å²) in [4.78, 5) is 59.0. The highest BCUT2D eigenvalue weighted by molar-refractivity contribution is 5.74. The third kappa shape index (κ3) is 28.7. The number of aliphatic hydroxyl groups is 1. The second-order valence-corrected chi connectivity index (χ2v) is 15.5. The maximum Gasteiger partial charge on any atom is 0.310 e. The van der Waals surface area contributed by atoms with Crippen LogP contribution >= 0.6 is 0 Å². The fourth-order valence-electron chi connectivity index (χ4n) is 6.34. The third-order valence-electron chi connectivity index (χ3n) is 9.91. The van der Waals surface area contributed by atoms with Gasteiger partial charge in [0, 0.05) is 24.0 Å². The molecule has 0 aliphatic carbocycles. The lowest BCUT2D eigenvalue weighted by atomic mass is 10.1. The minimum absolute atomic E-state index is 0.152. The number of ether oxygens (including phenoxy) is 4. The Hall–Kier alpha value is -4.69. The van der Waals surface area contributed by atoms with Crippen LogP contribution in [0.4, 0.5) is 0 Å². The summed E-state index contributed by atoms with van der Waals surface area (Å²) in [6.07, 6.45) is 18.1. The lowest BCUT2D eigenvalue weighted by Gasteiger charge is -2.11. The maximum atomic E-state index is 12.2. The predicted molar refractivity (Wildman–Crippen MR) is 231 cm³/mol. The van der Waals surface area contributed by atoms with Crippen molar-refractivity contribution < 1.29 is 53.1 Å². The van der Waals surface area contributed by atoms with Gasteiger partial charge in [0.15, 0.2) is 0 Å². The Morgan fingerprint density at radius 1 is 0.483 bits per heavy atom. The average molecular weight is 835 g/mol. The molecule has 0 saturated heterocycles. The molecule has 1 atom stereocenters. The van der Waals surface area contributed by atoms with Gasteiger partial charge in [-0.15, -0.1) is 0 Å². The van der Waals surface area contributed by atoms with E-state index < -0.39 is 24.0 Å². The molecule has 0 spiro atoms. The van der Waals surface area contributed by atoms with Gasteiger partial charge < -0.3 is 29.2 Å². The van der Waals surface area contributed by atoms with E-state index >= 15 is 0 Å². The molecule has 60 heavy (non-hydrogen) atoms. The Morgan fingerprint density at radius 3 is 1.37 bits per heavy atom. The molecule has 11 heteroatoms. The van der Waals surface area contributed by atoms with Crippen LogP contribution in [0.3, 0.4) is 0 Å². The molecular formula is C49H70O11. The Kier molecular flexibility index (Phi) is 29.2. The van der Waals surface area contributed by atoms with Gasteiger partial charge in [0.25, 0.3) is 0 Å². The van der Waals surface area contributed by atoms with Crippen molar-refractivity contribution >= 4 is 29.8 Å². The lowest BCUT2D eigenvalue weighted by molar-refractivity contribution is -0.150. The van der Waals surface area contributed by atoms with Gasteiger partial charge in [0.05, 0.1) is 45.2 Å². The molecule has 0 aromatic heterocycles. The quantitative estimate of drug-likeness (QED) is 0.0299. The fourth-order valence-corrected chi connectivity index (χ4v) is 6.34. The molecule has 2 N–H and O–H groups in total. The van der Waals surface area contributed by atoms with E-state index in [1.54, 1.807) is 0 Å². The second kappa shape index (κ2) is 34.1. The number of unbranched alkanes of at least 4 members (excludes halogenated alkanes) is 16. The van der Waals surface area contributed by atoms with Crippen LogP contribution in [-0.4, -0.2) is 66.0 Å². The molecule has 0 fully saturated rings. The second-order valence-electron chi connectivity index (χ2n) is 15.5. The highest BCUT2D eigenvalue weighted by Gasteiger charge is 2.17. The van der Waals surface area contributed by atoms with E-state index in [0.717, 1.165) is 73.6 Å². The molecule has 0 heterocycles. The molecule has 1 unspecified atom stereocenters. The molecule has 11 nitrogen and oxygen atoms in total. The smallest absolute Gasteiger partial charge is 0.310 e. The summed E-state index contributed by atoms with van der Waals surface area (Å²) in [5, 5.41) is 18.7. The molecule has 2 aromatic carbocycles. The van der Waals surface area contributed by atoms with E-state index in [9.17, 15) is 29.1 Å². The van der Waals surface area contributed by atoms with Crippen molar-refractivity contribution in [3.63, 3.8) is 0 Å². The van der Waals surface area contributed by atoms with Gasteiger partial charge in [0.2, 0.25) is 0 Å². The first-order chi connectivity index (χ1) is 29.1. The lowest BCUT2D eigenvalue weighted by Crippen LogP contribution is -2.21. The Labute approximate surface area is 358 Å². The standard InChI is InChI=1S/C49H70O11/c1-2-3-4-5-6-7-8-10-13-19-34-58-48(55)37-44(50)38-49(56)59-35-20-15-17-22-46(53)60-39-43-31-27-41(28-32-43)24-23-40-25-29-42(30-26-40)36-47(54)57-33-18-14-11-9-12-16-21-45(51)52/h25-32,44,50H,2-22,33-39H2,1H3,(H,51,52). The highest BCUT2D eigenvalue weighted by Crippen LogP contribution is 2.13. The maximum absolute atomic E-state index is 12.2. The van der Waals surface area contributed by atoms with Crippen molar-refractivity contribution in [1.29, 1.82) is 0 Å². The zero-order chi connectivity index (χ0) is 43.5. The molecule has 0 radical (unpaired) electrons. The van der Waals surface area contributed by atoms with Crippen LogP contribution in [0.25, 0.3) is 0 Å². The number of rotatable bonds is 34. The fraction of sp³-hybridized carbons (Fsp3) is 0.612. The number of carboxylic acids is 1. The SMILES string of the molecule is CCCCCCCCCCCCOC(=O)CC(O)CC(=O)OCCCCCC(=O)OCc1ccc(C#Cc2ccc(CC(=O)OCCCCCCCCC(=O)O)cc2)cc1. The summed E-state index contributed by atoms with van der Waals surface area (Å²) in [5.74, 6) is 3.83. The van der Waals surface area contributed by atoms with Crippen molar-refractivity contribution in [2.24, 2.45) is 0 Å². The summed E-state index contributed by atoms with van der Waals surface area (Å²) in [5.41, 5.74) is 3.32. The Balaban J connectivity index is 1.48. The van der Waals surface area contributed by atoms with Crippen LogP contribution in [0.15, 0.2) is 48.5 Å². The largest absolute Gasteiger partial charge is 0.481 e. The first kappa shape index (κ1) is 51.5. The molecule has 0 aliphatic heterocycles. The van der Waals surface area contributed by atoms with Crippen LogP contribution in [0.2, 0.25) is 0 Å². The van der Waals surface area contributed by atoms with E-state index in [2.05, 4.69) is 18.8 Å². The zero-order valence-corrected chi connectivity index (χ0v) is 36.1. The van der Waals surface area contributed by atoms with E-state index in [0.29, 0.717) is 38.9 Å². The summed E-state index contributed by atoms with van der Waals surface area (Å²) in [6, 6.07) is 14.9. The first-order valence-corrected chi connectivity index (χ1v) is 22.4. The number of benzene rings is 2. The van der Waals surface area contributed by atoms with Crippen molar-refractivity contribution in [2.45, 2.75) is 174 Å². The summed E-state index contributed by atoms with van der Waals surface area (Å²) >= 11 is 0. The van der Waals surface area contributed by atoms with Gasteiger partial charge in [-0.25, -0.2) is 0 Å². The zero-order valence-electron chi connectivity index (χ0n) is 36.1. The molecule has 0 bridgehead atoms. The highest BCUT2D eigenvalue weighted by atomic mass is 16.5. The number of aliphatic hydroxyl groups excluding tert-OH is 1. The molecule has 0 saturated carbocycles. The topological polar surface area (TPSA) is 163 Å². The van der Waals surface area contributed by atoms with Gasteiger partial charge in [-0.1, -0.05) is 127 Å². The summed E-state index contributed by atoms with van der Waals surface area (Å²) in [6.45, 7) is 3.26. The molecule has 0 aliphatic rings. The van der Waals surface area contributed by atoms with E-state index in [-0.39, 0.29) is 57.3 Å². The van der Waals surface area contributed by atoms with Gasteiger partial charge >= 0.3 is 29.8 Å². The minimum atomic E-state index is -1.14. The van der Waals surface area contributed by atoms with Crippen LogP contribution in [0.1, 0.15) is 177 Å². The minimum Gasteiger partial charge on any atom is -0.481 e. The number of carbonyl (C=O) groups excluding carboxylic acids is 4. The number of hydrogen-bond donors (Lipinski definition) is 2. The van der Waals surface area contributed by atoms with Crippen LogP contribution < -0.4 is 0 Å². The Bertz CT molecular complexity index is 1560. The average Bonchev–Trinajstić information content (AvgIpc) is 3.22. The monoisotopic (exact) mass is 834 g/mol. The van der Waals surface area contributed by atoms with Crippen molar-refractivity contribution in [3.05, 3.63) is 70.8 Å². The molecule has 2 aromatic rings. The third-order valence-corrected chi connectivity index (χ3v) is 9.91. The Morgan fingerprint density at radius 2 is 0.883 bits per heavy atom. The van der Waals surface area contributed by atoms with Gasteiger partial charge in [-0.05, 0) is 73.9 Å². The number of hydrogen-bond acceptors (Lipinski definition) is 10. The van der Waals surface area contributed by atoms with Crippen LogP contribution in [-0.2, 0) is 55.9 Å².